The molecule has 1 aliphatic heterocycles. The highest BCUT2D eigenvalue weighted by Crippen LogP contribution is 2.30. The van der Waals surface area contributed by atoms with E-state index < -0.39 is 10.0 Å². The quantitative estimate of drug-likeness (QED) is 0.716. The molecule has 0 bridgehead atoms. The van der Waals surface area contributed by atoms with E-state index in [0.717, 1.165) is 6.42 Å². The Morgan fingerprint density at radius 1 is 1.30 bits per heavy atom. The largest absolute Gasteiger partial charge is 0.495 e. The van der Waals surface area contributed by atoms with E-state index in [1.807, 2.05) is 0 Å². The molecule has 1 aliphatic rings. The van der Waals surface area contributed by atoms with Gasteiger partial charge in [0.2, 0.25) is 15.9 Å². The van der Waals surface area contributed by atoms with Gasteiger partial charge in [-0.2, -0.15) is 0 Å². The van der Waals surface area contributed by atoms with E-state index in [-0.39, 0.29) is 23.1 Å². The van der Waals surface area contributed by atoms with Crippen LogP contribution in [0.5, 0.6) is 5.75 Å². The van der Waals surface area contributed by atoms with Gasteiger partial charge in [0.25, 0.3) is 0 Å². The van der Waals surface area contributed by atoms with Gasteiger partial charge in [0.05, 0.1) is 7.11 Å². The molecule has 1 amide bonds. The molecule has 1 heterocycles. The van der Waals surface area contributed by atoms with Gasteiger partial charge < -0.3 is 14.4 Å². The number of anilines is 1. The molecule has 128 valence electrons. The zero-order valence-electron chi connectivity index (χ0n) is 13.4. The smallest absolute Gasteiger partial charge is 0.244 e. The predicted octanol–water partition coefficient (Wildman–Crippen LogP) is 1.14. The van der Waals surface area contributed by atoms with E-state index >= 15 is 0 Å². The van der Waals surface area contributed by atoms with Gasteiger partial charge in [0, 0.05) is 38.9 Å². The zero-order valence-corrected chi connectivity index (χ0v) is 14.2. The first kappa shape index (κ1) is 17.7. The van der Waals surface area contributed by atoms with Gasteiger partial charge in [-0.15, -0.1) is 0 Å². The average molecular weight is 342 g/mol. The number of hydrogen-bond donors (Lipinski definition) is 1. The second-order valence-electron chi connectivity index (χ2n) is 5.23. The molecule has 0 atom stereocenters. The van der Waals surface area contributed by atoms with Crippen LogP contribution in [0.3, 0.4) is 0 Å². The van der Waals surface area contributed by atoms with Gasteiger partial charge in [-0.25, -0.2) is 13.1 Å². The molecule has 1 aromatic rings. The Hall–Kier alpha value is -1.64. The lowest BCUT2D eigenvalue weighted by atomic mass is 10.3. The van der Waals surface area contributed by atoms with Crippen molar-refractivity contribution in [1.82, 2.24) is 4.72 Å². The minimum atomic E-state index is -3.72. The standard InChI is InChI=1S/C15H22N2O5S/c1-21-10-4-8-16-23(19,20)14-11-12(6-7-13(14)22-2)17-9-3-5-15(17)18/h6-7,11,16H,3-5,8-10H2,1-2H3. The molecule has 0 spiro atoms. The Balaban J connectivity index is 2.26. The molecule has 2 rings (SSSR count). The fraction of sp³-hybridized carbons (Fsp3) is 0.533. The first-order valence-corrected chi connectivity index (χ1v) is 8.95. The molecule has 0 radical (unpaired) electrons. The van der Waals surface area contributed by atoms with Crippen LogP contribution in [0.1, 0.15) is 19.3 Å². The topological polar surface area (TPSA) is 84.9 Å². The maximum absolute atomic E-state index is 12.5. The molecule has 1 N–H and O–H groups in total. The van der Waals surface area contributed by atoms with E-state index in [2.05, 4.69) is 4.72 Å². The third-order valence-corrected chi connectivity index (χ3v) is 5.12. The van der Waals surface area contributed by atoms with Crippen LogP contribution in [0.4, 0.5) is 5.69 Å². The van der Waals surface area contributed by atoms with Crippen molar-refractivity contribution < 1.29 is 22.7 Å². The van der Waals surface area contributed by atoms with Crippen LogP contribution in [0, 0.1) is 0 Å². The van der Waals surface area contributed by atoms with Crippen molar-refractivity contribution >= 4 is 21.6 Å². The molecule has 1 aromatic carbocycles. The van der Waals surface area contributed by atoms with Crippen LogP contribution in [0.25, 0.3) is 0 Å². The van der Waals surface area contributed by atoms with Crippen molar-refractivity contribution in [1.29, 1.82) is 0 Å². The molecule has 1 fully saturated rings. The fourth-order valence-electron chi connectivity index (χ4n) is 2.47. The molecule has 23 heavy (non-hydrogen) atoms. The molecule has 7 nitrogen and oxygen atoms in total. The Labute approximate surface area is 136 Å². The monoisotopic (exact) mass is 342 g/mol. The number of benzene rings is 1. The summed E-state index contributed by atoms with van der Waals surface area (Å²) in [6, 6.07) is 4.76. The summed E-state index contributed by atoms with van der Waals surface area (Å²) in [5.41, 5.74) is 0.575. The number of nitrogens with zero attached hydrogens (tertiary/aromatic N) is 1. The summed E-state index contributed by atoms with van der Waals surface area (Å²) < 4.78 is 37.6. The van der Waals surface area contributed by atoms with Gasteiger partial charge in [0.15, 0.2) is 0 Å². The van der Waals surface area contributed by atoms with E-state index in [9.17, 15) is 13.2 Å². The Kier molecular flexibility index (Phi) is 5.97. The second kappa shape index (κ2) is 7.76. The highest BCUT2D eigenvalue weighted by Gasteiger charge is 2.25. The molecule has 0 saturated carbocycles. The summed E-state index contributed by atoms with van der Waals surface area (Å²) in [5.74, 6) is 0.256. The van der Waals surface area contributed by atoms with Crippen LogP contribution in [-0.4, -0.2) is 48.2 Å². The van der Waals surface area contributed by atoms with Crippen molar-refractivity contribution in [3.8, 4) is 5.75 Å². The second-order valence-corrected chi connectivity index (χ2v) is 6.96. The van der Waals surface area contributed by atoms with Gasteiger partial charge in [0.1, 0.15) is 10.6 Å². The van der Waals surface area contributed by atoms with E-state index in [0.29, 0.717) is 31.7 Å². The third-order valence-electron chi connectivity index (χ3n) is 3.64. The van der Waals surface area contributed by atoms with Crippen molar-refractivity contribution in [3.63, 3.8) is 0 Å². The zero-order chi connectivity index (χ0) is 16.9. The Morgan fingerprint density at radius 2 is 2.09 bits per heavy atom. The summed E-state index contributed by atoms with van der Waals surface area (Å²) in [6.07, 6.45) is 1.84. The molecule has 1 saturated heterocycles. The maximum Gasteiger partial charge on any atom is 0.244 e. The number of hydrogen-bond acceptors (Lipinski definition) is 5. The predicted molar refractivity (Wildman–Crippen MR) is 86.3 cm³/mol. The average Bonchev–Trinajstić information content (AvgIpc) is 2.97. The first-order chi connectivity index (χ1) is 11.0. The number of carbonyl (C=O) groups excluding carboxylic acids is 1. The maximum atomic E-state index is 12.5. The number of ether oxygens (including phenoxy) is 2. The molecular formula is C15H22N2O5S. The summed E-state index contributed by atoms with van der Waals surface area (Å²) in [7, 11) is -0.741. The SMILES string of the molecule is COCCCNS(=O)(=O)c1cc(N2CCCC2=O)ccc1OC. The van der Waals surface area contributed by atoms with E-state index in [4.69, 9.17) is 9.47 Å². The number of sulfonamides is 1. The molecule has 0 unspecified atom stereocenters. The molecular weight excluding hydrogens is 320 g/mol. The van der Waals surface area contributed by atoms with Crippen LogP contribution >= 0.6 is 0 Å². The van der Waals surface area contributed by atoms with Crippen molar-refractivity contribution in [2.24, 2.45) is 0 Å². The highest BCUT2D eigenvalue weighted by atomic mass is 32.2. The lowest BCUT2D eigenvalue weighted by molar-refractivity contribution is -0.117. The van der Waals surface area contributed by atoms with Crippen LogP contribution < -0.4 is 14.4 Å². The molecule has 8 heteroatoms. The fourth-order valence-corrected chi connectivity index (χ4v) is 3.73. The summed E-state index contributed by atoms with van der Waals surface area (Å²) >= 11 is 0. The molecule has 0 aromatic heterocycles. The van der Waals surface area contributed by atoms with E-state index in [1.165, 1.54) is 13.2 Å². The number of methoxy groups -OCH3 is 2. The number of carbonyl (C=O) groups is 1. The van der Waals surface area contributed by atoms with Gasteiger partial charge >= 0.3 is 0 Å². The normalized spacial score (nSPS) is 15.2. The lowest BCUT2D eigenvalue weighted by Crippen LogP contribution is -2.27. The summed E-state index contributed by atoms with van der Waals surface area (Å²) in [5, 5.41) is 0. The highest BCUT2D eigenvalue weighted by molar-refractivity contribution is 7.89. The van der Waals surface area contributed by atoms with Gasteiger partial charge in [-0.3, -0.25) is 4.79 Å². The minimum Gasteiger partial charge on any atom is -0.495 e. The third kappa shape index (κ3) is 4.21. The van der Waals surface area contributed by atoms with Crippen molar-refractivity contribution in [2.75, 3.05) is 38.8 Å². The summed E-state index contributed by atoms with van der Waals surface area (Å²) in [4.78, 5) is 13.5. The lowest BCUT2D eigenvalue weighted by Gasteiger charge is -2.18. The van der Waals surface area contributed by atoms with Crippen molar-refractivity contribution in [3.05, 3.63) is 18.2 Å². The van der Waals surface area contributed by atoms with E-state index in [1.54, 1.807) is 24.1 Å². The molecule has 0 aliphatic carbocycles. The number of rotatable bonds is 8. The first-order valence-electron chi connectivity index (χ1n) is 7.46. The van der Waals surface area contributed by atoms with Crippen molar-refractivity contribution in [2.45, 2.75) is 24.2 Å². The number of amides is 1. The van der Waals surface area contributed by atoms with Crippen LogP contribution in [0.15, 0.2) is 23.1 Å². The van der Waals surface area contributed by atoms with Crippen LogP contribution in [0.2, 0.25) is 0 Å². The number of nitrogens with one attached hydrogen (secondary N) is 1. The Bertz CT molecular complexity index is 660. The summed E-state index contributed by atoms with van der Waals surface area (Å²) in [6.45, 7) is 1.35. The van der Waals surface area contributed by atoms with Crippen LogP contribution in [-0.2, 0) is 19.6 Å². The minimum absolute atomic E-state index is 0.00608. The van der Waals surface area contributed by atoms with Gasteiger partial charge in [-0.05, 0) is 31.0 Å². The van der Waals surface area contributed by atoms with Gasteiger partial charge in [-0.1, -0.05) is 0 Å². The Morgan fingerprint density at radius 3 is 2.70 bits per heavy atom.